The van der Waals surface area contributed by atoms with Gasteiger partial charge in [0.2, 0.25) is 5.91 Å². The first-order valence-corrected chi connectivity index (χ1v) is 13.7. The number of aromatic nitrogens is 2. The van der Waals surface area contributed by atoms with Gasteiger partial charge in [0.05, 0.1) is 37.7 Å². The van der Waals surface area contributed by atoms with Crippen molar-refractivity contribution in [1.82, 2.24) is 24.9 Å². The smallest absolute Gasteiger partial charge is 0.226 e. The van der Waals surface area contributed by atoms with Crippen molar-refractivity contribution in [3.8, 4) is 0 Å². The van der Waals surface area contributed by atoms with E-state index in [1.165, 1.54) is 29.8 Å². The highest BCUT2D eigenvalue weighted by Gasteiger charge is 2.39. The predicted octanol–water partition coefficient (Wildman–Crippen LogP) is 3.00. The van der Waals surface area contributed by atoms with Gasteiger partial charge in [-0.2, -0.15) is 5.10 Å². The van der Waals surface area contributed by atoms with E-state index in [2.05, 4.69) is 26.8 Å². The minimum Gasteiger partial charge on any atom is -0.384 e. The lowest BCUT2D eigenvalue weighted by Crippen LogP contribution is -2.41. The average molecular weight is 490 g/mol. The molecule has 8 heteroatoms. The van der Waals surface area contributed by atoms with Crippen LogP contribution in [0.15, 0.2) is 0 Å². The van der Waals surface area contributed by atoms with Gasteiger partial charge in [-0.25, -0.2) is 0 Å². The SMILES string of the molecule is CNCCN(C)Cc1nn2c(c1C1CCC(COC)(COC)CC1)CN(C(=O)C1CCCC1)CC2. The van der Waals surface area contributed by atoms with E-state index < -0.39 is 0 Å². The molecule has 0 unspecified atom stereocenters. The number of hydrogen-bond acceptors (Lipinski definition) is 6. The predicted molar refractivity (Wildman–Crippen MR) is 137 cm³/mol. The third-order valence-corrected chi connectivity index (χ3v) is 8.63. The van der Waals surface area contributed by atoms with Gasteiger partial charge >= 0.3 is 0 Å². The maximum Gasteiger partial charge on any atom is 0.226 e. The molecule has 1 aromatic heterocycles. The molecule has 0 saturated heterocycles. The molecule has 1 amide bonds. The van der Waals surface area contributed by atoms with Gasteiger partial charge in [0, 0.05) is 57.3 Å². The molecule has 0 radical (unpaired) electrons. The van der Waals surface area contributed by atoms with Crippen molar-refractivity contribution in [2.45, 2.75) is 76.9 Å². The first-order valence-electron chi connectivity index (χ1n) is 13.7. The second-order valence-electron chi connectivity index (χ2n) is 11.3. The molecule has 2 saturated carbocycles. The maximum atomic E-state index is 13.3. The first-order chi connectivity index (χ1) is 17.0. The van der Waals surface area contributed by atoms with Crippen molar-refractivity contribution in [1.29, 1.82) is 0 Å². The van der Waals surface area contributed by atoms with E-state index in [-0.39, 0.29) is 11.3 Å². The number of ether oxygens (including phenoxy) is 2. The summed E-state index contributed by atoms with van der Waals surface area (Å²) in [5.74, 6) is 1.09. The Bertz CT molecular complexity index is 819. The van der Waals surface area contributed by atoms with Crippen LogP contribution in [-0.2, 0) is 33.9 Å². The van der Waals surface area contributed by atoms with E-state index in [9.17, 15) is 4.79 Å². The zero-order valence-corrected chi connectivity index (χ0v) is 22.5. The van der Waals surface area contributed by atoms with Crippen LogP contribution < -0.4 is 5.32 Å². The van der Waals surface area contributed by atoms with Crippen LogP contribution in [0.25, 0.3) is 0 Å². The summed E-state index contributed by atoms with van der Waals surface area (Å²) in [5.41, 5.74) is 4.04. The summed E-state index contributed by atoms with van der Waals surface area (Å²) < 4.78 is 13.4. The molecule has 0 bridgehead atoms. The highest BCUT2D eigenvalue weighted by Crippen LogP contribution is 2.46. The number of amides is 1. The Morgan fingerprint density at radius 2 is 1.80 bits per heavy atom. The summed E-state index contributed by atoms with van der Waals surface area (Å²) in [6.07, 6.45) is 8.96. The Labute approximate surface area is 211 Å². The van der Waals surface area contributed by atoms with Crippen molar-refractivity contribution in [3.05, 3.63) is 17.0 Å². The Kier molecular flexibility index (Phi) is 9.24. The molecule has 1 aromatic rings. The standard InChI is InChI=1S/C27H47N5O3/c1-28-13-14-30(2)17-23-25(21-9-11-27(12-10-21,19-34-3)20-35-4)24-18-31(15-16-32(24)29-23)26(33)22-7-5-6-8-22/h21-22,28H,5-20H2,1-4H3. The van der Waals surface area contributed by atoms with E-state index >= 15 is 0 Å². The van der Waals surface area contributed by atoms with Crippen LogP contribution in [0.2, 0.25) is 0 Å². The number of rotatable bonds is 11. The van der Waals surface area contributed by atoms with Gasteiger partial charge in [-0.3, -0.25) is 14.4 Å². The summed E-state index contributed by atoms with van der Waals surface area (Å²) in [5, 5.41) is 8.40. The summed E-state index contributed by atoms with van der Waals surface area (Å²) in [6, 6.07) is 0. The van der Waals surface area contributed by atoms with Crippen molar-refractivity contribution in [2.75, 3.05) is 61.2 Å². The summed E-state index contributed by atoms with van der Waals surface area (Å²) in [4.78, 5) is 17.8. The summed E-state index contributed by atoms with van der Waals surface area (Å²) in [6.45, 7) is 6.62. The Morgan fingerprint density at radius 3 is 2.43 bits per heavy atom. The number of hydrogen-bond donors (Lipinski definition) is 1. The molecule has 0 spiro atoms. The third kappa shape index (κ3) is 6.09. The van der Waals surface area contributed by atoms with Gasteiger partial charge in [0.15, 0.2) is 0 Å². The highest BCUT2D eigenvalue weighted by atomic mass is 16.5. The summed E-state index contributed by atoms with van der Waals surface area (Å²) in [7, 11) is 7.77. The van der Waals surface area contributed by atoms with Gasteiger partial charge in [0.1, 0.15) is 0 Å². The van der Waals surface area contributed by atoms with Crippen LogP contribution in [0.1, 0.15) is 74.2 Å². The average Bonchev–Trinajstić information content (AvgIpc) is 3.51. The number of nitrogens with zero attached hydrogens (tertiary/aromatic N) is 4. The molecule has 0 atom stereocenters. The minimum absolute atomic E-state index is 0.113. The Morgan fingerprint density at radius 1 is 1.11 bits per heavy atom. The monoisotopic (exact) mass is 489 g/mol. The van der Waals surface area contributed by atoms with Crippen molar-refractivity contribution < 1.29 is 14.3 Å². The second kappa shape index (κ2) is 12.2. The Balaban J connectivity index is 1.57. The van der Waals surface area contributed by atoms with Crippen LogP contribution >= 0.6 is 0 Å². The maximum absolute atomic E-state index is 13.3. The number of fused-ring (bicyclic) bond motifs is 1. The summed E-state index contributed by atoms with van der Waals surface area (Å²) >= 11 is 0. The minimum atomic E-state index is 0.113. The van der Waals surface area contributed by atoms with E-state index in [1.807, 2.05) is 7.05 Å². The topological polar surface area (TPSA) is 71.9 Å². The van der Waals surface area contributed by atoms with E-state index in [0.29, 0.717) is 11.8 Å². The van der Waals surface area contributed by atoms with Crippen LogP contribution in [0.4, 0.5) is 0 Å². The molecule has 1 aliphatic heterocycles. The molecule has 0 aromatic carbocycles. The molecule has 198 valence electrons. The van der Waals surface area contributed by atoms with Gasteiger partial charge < -0.3 is 19.7 Å². The molecule has 2 fully saturated rings. The van der Waals surface area contributed by atoms with Crippen LogP contribution in [-0.4, -0.2) is 86.7 Å². The second-order valence-corrected chi connectivity index (χ2v) is 11.3. The number of methoxy groups -OCH3 is 2. The van der Waals surface area contributed by atoms with Gasteiger partial charge in [-0.15, -0.1) is 0 Å². The molecule has 1 N–H and O–H groups in total. The number of likely N-dealkylation sites (N-methyl/N-ethyl adjacent to an activating group) is 2. The molecule has 4 rings (SSSR count). The van der Waals surface area contributed by atoms with Gasteiger partial charge in [-0.05, 0) is 58.5 Å². The lowest BCUT2D eigenvalue weighted by Gasteiger charge is -2.40. The fourth-order valence-electron chi connectivity index (χ4n) is 6.70. The van der Waals surface area contributed by atoms with Gasteiger partial charge in [0.25, 0.3) is 0 Å². The lowest BCUT2D eigenvalue weighted by atomic mass is 9.69. The first kappa shape index (κ1) is 26.6. The molecule has 35 heavy (non-hydrogen) atoms. The molecule has 3 aliphatic rings. The molecule has 8 nitrogen and oxygen atoms in total. The fraction of sp³-hybridized carbons (Fsp3) is 0.852. The highest BCUT2D eigenvalue weighted by molar-refractivity contribution is 5.79. The van der Waals surface area contributed by atoms with Crippen LogP contribution in [0.3, 0.4) is 0 Å². The molecular formula is C27H47N5O3. The van der Waals surface area contributed by atoms with E-state index in [4.69, 9.17) is 14.6 Å². The largest absolute Gasteiger partial charge is 0.384 e. The van der Waals surface area contributed by atoms with Crippen LogP contribution in [0, 0.1) is 11.3 Å². The zero-order valence-electron chi connectivity index (χ0n) is 22.5. The third-order valence-electron chi connectivity index (χ3n) is 8.63. The molecule has 2 heterocycles. The number of carbonyl (C=O) groups is 1. The fourth-order valence-corrected chi connectivity index (χ4v) is 6.70. The van der Waals surface area contributed by atoms with Crippen molar-refractivity contribution in [2.24, 2.45) is 11.3 Å². The van der Waals surface area contributed by atoms with E-state index in [1.54, 1.807) is 14.2 Å². The van der Waals surface area contributed by atoms with E-state index in [0.717, 1.165) is 91.0 Å². The molecular weight excluding hydrogens is 442 g/mol. The van der Waals surface area contributed by atoms with Crippen molar-refractivity contribution >= 4 is 5.91 Å². The normalized spacial score (nSPS) is 21.1. The quantitative estimate of drug-likeness (QED) is 0.515. The number of nitrogens with one attached hydrogen (secondary N) is 1. The molecule has 2 aliphatic carbocycles. The Hall–Kier alpha value is -1.48. The lowest BCUT2D eigenvalue weighted by molar-refractivity contribution is -0.136. The van der Waals surface area contributed by atoms with Crippen LogP contribution in [0.5, 0.6) is 0 Å². The van der Waals surface area contributed by atoms with Gasteiger partial charge in [-0.1, -0.05) is 12.8 Å². The van der Waals surface area contributed by atoms with Crippen molar-refractivity contribution in [3.63, 3.8) is 0 Å². The number of carbonyl (C=O) groups excluding carboxylic acids is 1. The zero-order chi connectivity index (χ0) is 24.8.